The Morgan fingerprint density at radius 1 is 1.16 bits per heavy atom. The van der Waals surface area contributed by atoms with E-state index in [2.05, 4.69) is 0 Å². The average Bonchev–Trinajstić information content (AvgIpc) is 3.50. The summed E-state index contributed by atoms with van der Waals surface area (Å²) in [5.41, 5.74) is 2.31. The van der Waals surface area contributed by atoms with Gasteiger partial charge in [0.25, 0.3) is 0 Å². The smallest absolute Gasteiger partial charge is 0.329 e. The summed E-state index contributed by atoms with van der Waals surface area (Å²) in [6.07, 6.45) is 1.91. The summed E-state index contributed by atoms with van der Waals surface area (Å²) in [6, 6.07) is 15.5. The second kappa shape index (κ2) is 8.28. The van der Waals surface area contributed by atoms with Crippen LogP contribution in [0.2, 0.25) is 0 Å². The van der Waals surface area contributed by atoms with Gasteiger partial charge in [-0.05, 0) is 44.0 Å². The lowest BCUT2D eigenvalue weighted by Crippen LogP contribution is -2.41. The highest BCUT2D eigenvalue weighted by Crippen LogP contribution is 2.30. The van der Waals surface area contributed by atoms with Crippen LogP contribution in [0.1, 0.15) is 19.8 Å². The van der Waals surface area contributed by atoms with Crippen LogP contribution in [-0.4, -0.2) is 39.3 Å². The molecule has 7 nitrogen and oxygen atoms in total. The maximum Gasteiger partial charge on any atom is 0.329 e. The number of aryl methyl sites for hydroxylation is 1. The van der Waals surface area contributed by atoms with Crippen molar-refractivity contribution in [2.45, 2.75) is 39.0 Å². The molecular formula is C23H24N4O3S. The molecule has 2 aromatic carbocycles. The van der Waals surface area contributed by atoms with Crippen LogP contribution in [0.15, 0.2) is 53.3 Å². The second-order valence-electron chi connectivity index (χ2n) is 7.71. The molecule has 0 saturated carbocycles. The van der Waals surface area contributed by atoms with Crippen LogP contribution in [-0.2, 0) is 22.6 Å². The maximum absolute atomic E-state index is 13.5. The van der Waals surface area contributed by atoms with Crippen LogP contribution in [0.4, 0.5) is 5.13 Å². The number of para-hydroxylation sites is 3. The first kappa shape index (κ1) is 20.0. The Bertz CT molecular complexity index is 1270. The largest absolute Gasteiger partial charge is 0.376 e. The predicted octanol–water partition coefficient (Wildman–Crippen LogP) is 3.64. The minimum Gasteiger partial charge on any atom is -0.376 e. The topological polar surface area (TPSA) is 69.4 Å². The highest BCUT2D eigenvalue weighted by atomic mass is 32.1. The number of carbonyl (C=O) groups is 1. The third-order valence-corrected chi connectivity index (χ3v) is 6.82. The van der Waals surface area contributed by atoms with Crippen LogP contribution >= 0.6 is 11.3 Å². The molecule has 0 N–H and O–H groups in total. The number of thiazole rings is 1. The Balaban J connectivity index is 1.52. The van der Waals surface area contributed by atoms with E-state index >= 15 is 0 Å². The third kappa shape index (κ3) is 3.66. The van der Waals surface area contributed by atoms with Crippen molar-refractivity contribution >= 4 is 43.6 Å². The average molecular weight is 437 g/mol. The lowest BCUT2D eigenvalue weighted by Gasteiger charge is -2.23. The number of amides is 1. The number of aromatic nitrogens is 3. The number of benzene rings is 2. The molecule has 4 aromatic rings. The number of carbonyl (C=O) groups excluding carboxylic acids is 1. The summed E-state index contributed by atoms with van der Waals surface area (Å²) in [4.78, 5) is 33.0. The molecule has 0 bridgehead atoms. The molecule has 2 aromatic heterocycles. The molecule has 8 heteroatoms. The van der Waals surface area contributed by atoms with E-state index in [-0.39, 0.29) is 24.2 Å². The van der Waals surface area contributed by atoms with Gasteiger partial charge in [0.05, 0.1) is 33.9 Å². The van der Waals surface area contributed by atoms with Gasteiger partial charge < -0.3 is 4.74 Å². The van der Waals surface area contributed by atoms with E-state index in [9.17, 15) is 9.59 Å². The molecule has 0 radical (unpaired) electrons. The van der Waals surface area contributed by atoms with Gasteiger partial charge in [0, 0.05) is 13.2 Å². The molecule has 1 saturated heterocycles. The molecule has 0 spiro atoms. The van der Waals surface area contributed by atoms with Crippen molar-refractivity contribution in [3.63, 3.8) is 0 Å². The minimum atomic E-state index is -0.168. The second-order valence-corrected chi connectivity index (χ2v) is 8.71. The molecule has 0 aliphatic carbocycles. The van der Waals surface area contributed by atoms with Crippen molar-refractivity contribution in [1.29, 1.82) is 0 Å². The summed E-state index contributed by atoms with van der Waals surface area (Å²) in [5.74, 6) is -0.157. The number of anilines is 1. The molecule has 3 heterocycles. The number of rotatable bonds is 6. The van der Waals surface area contributed by atoms with E-state index in [0.717, 1.165) is 40.7 Å². The number of hydrogen-bond donors (Lipinski definition) is 0. The summed E-state index contributed by atoms with van der Waals surface area (Å²) in [6.45, 7) is 3.62. The maximum atomic E-state index is 13.5. The minimum absolute atomic E-state index is 0.00957. The Labute approximate surface area is 183 Å². The number of fused-ring (bicyclic) bond motifs is 2. The summed E-state index contributed by atoms with van der Waals surface area (Å²) in [7, 11) is 0. The number of imidazole rings is 1. The first-order chi connectivity index (χ1) is 15.2. The third-order valence-electron chi connectivity index (χ3n) is 5.76. The Hall–Kier alpha value is -2.97. The Kier molecular flexibility index (Phi) is 5.33. The van der Waals surface area contributed by atoms with E-state index in [4.69, 9.17) is 9.72 Å². The quantitative estimate of drug-likeness (QED) is 0.463. The molecule has 5 rings (SSSR count). The fraction of sp³-hybridized carbons (Fsp3) is 0.348. The van der Waals surface area contributed by atoms with Crippen molar-refractivity contribution in [3.05, 3.63) is 59.0 Å². The van der Waals surface area contributed by atoms with Crippen LogP contribution < -0.4 is 10.6 Å². The van der Waals surface area contributed by atoms with Gasteiger partial charge >= 0.3 is 5.69 Å². The molecule has 1 aliphatic rings. The van der Waals surface area contributed by atoms with Gasteiger partial charge in [0.1, 0.15) is 6.54 Å². The van der Waals surface area contributed by atoms with Gasteiger partial charge in [-0.15, -0.1) is 0 Å². The molecule has 0 unspecified atom stereocenters. The van der Waals surface area contributed by atoms with Gasteiger partial charge in [-0.1, -0.05) is 35.6 Å². The van der Waals surface area contributed by atoms with Crippen molar-refractivity contribution < 1.29 is 9.53 Å². The monoisotopic (exact) mass is 436 g/mol. The van der Waals surface area contributed by atoms with Gasteiger partial charge in [-0.25, -0.2) is 9.78 Å². The van der Waals surface area contributed by atoms with Crippen LogP contribution in [0.5, 0.6) is 0 Å². The van der Waals surface area contributed by atoms with Crippen LogP contribution in [0.25, 0.3) is 21.3 Å². The van der Waals surface area contributed by atoms with Gasteiger partial charge in [0.15, 0.2) is 5.13 Å². The van der Waals surface area contributed by atoms with E-state index in [1.807, 2.05) is 55.5 Å². The molecule has 31 heavy (non-hydrogen) atoms. The summed E-state index contributed by atoms with van der Waals surface area (Å²) in [5, 5.41) is 0.647. The molecule has 1 fully saturated rings. The molecule has 1 amide bonds. The van der Waals surface area contributed by atoms with E-state index in [1.165, 1.54) is 11.3 Å². The van der Waals surface area contributed by atoms with E-state index in [0.29, 0.717) is 18.2 Å². The zero-order chi connectivity index (χ0) is 21.4. The fourth-order valence-corrected chi connectivity index (χ4v) is 5.20. The summed E-state index contributed by atoms with van der Waals surface area (Å²) >= 11 is 1.49. The first-order valence-corrected chi connectivity index (χ1v) is 11.4. The zero-order valence-electron chi connectivity index (χ0n) is 17.4. The highest BCUT2D eigenvalue weighted by Gasteiger charge is 2.27. The molecule has 1 aliphatic heterocycles. The number of ether oxygens (including phenoxy) is 1. The Morgan fingerprint density at radius 2 is 1.90 bits per heavy atom. The predicted molar refractivity (Wildman–Crippen MR) is 123 cm³/mol. The molecule has 160 valence electrons. The van der Waals surface area contributed by atoms with Crippen molar-refractivity contribution in [2.24, 2.45) is 0 Å². The van der Waals surface area contributed by atoms with Gasteiger partial charge in [-0.2, -0.15) is 0 Å². The van der Waals surface area contributed by atoms with Crippen molar-refractivity contribution in [2.75, 3.05) is 18.1 Å². The van der Waals surface area contributed by atoms with Crippen LogP contribution in [0.3, 0.4) is 0 Å². The number of nitrogens with zero attached hydrogens (tertiary/aromatic N) is 4. The lowest BCUT2D eigenvalue weighted by atomic mass is 10.2. The standard InChI is InChI=1S/C23H24N4O3S/c1-2-25-18-10-4-5-11-19(18)26(23(25)29)15-21(28)27(14-16-8-7-13-30-16)22-24-17-9-3-6-12-20(17)31-22/h3-6,9-12,16H,2,7-8,13-15H2,1H3/t16-/m1/s1. The lowest BCUT2D eigenvalue weighted by molar-refractivity contribution is -0.119. The fourth-order valence-electron chi connectivity index (χ4n) is 4.21. The van der Waals surface area contributed by atoms with Crippen molar-refractivity contribution in [1.82, 2.24) is 14.1 Å². The molecular weight excluding hydrogens is 412 g/mol. The van der Waals surface area contributed by atoms with Crippen LogP contribution in [0, 0.1) is 0 Å². The highest BCUT2D eigenvalue weighted by molar-refractivity contribution is 7.22. The van der Waals surface area contributed by atoms with E-state index < -0.39 is 0 Å². The van der Waals surface area contributed by atoms with Gasteiger partial charge in [0.2, 0.25) is 5.91 Å². The Morgan fingerprint density at radius 3 is 2.61 bits per heavy atom. The van der Waals surface area contributed by atoms with E-state index in [1.54, 1.807) is 14.0 Å². The number of hydrogen-bond acceptors (Lipinski definition) is 5. The SMILES string of the molecule is CCn1c(=O)n(CC(=O)N(C[C@H]2CCCO2)c2nc3ccccc3s2)c2ccccc21. The summed E-state index contributed by atoms with van der Waals surface area (Å²) < 4.78 is 10.1. The zero-order valence-corrected chi connectivity index (χ0v) is 18.2. The normalized spacial score (nSPS) is 16.4. The van der Waals surface area contributed by atoms with Gasteiger partial charge in [-0.3, -0.25) is 18.8 Å². The molecule has 1 atom stereocenters. The first-order valence-electron chi connectivity index (χ1n) is 10.6. The van der Waals surface area contributed by atoms with Crippen molar-refractivity contribution in [3.8, 4) is 0 Å².